The van der Waals surface area contributed by atoms with Crippen LogP contribution in [-0.2, 0) is 0 Å². The zero-order valence-electron chi connectivity index (χ0n) is 12.6. The Kier molecular flexibility index (Phi) is 4.24. The van der Waals surface area contributed by atoms with Gasteiger partial charge in [-0.3, -0.25) is 4.79 Å². The molecule has 0 spiro atoms. The molecule has 22 heavy (non-hydrogen) atoms. The largest absolute Gasteiger partial charge is 0.388 e. The zero-order valence-corrected chi connectivity index (χ0v) is 12.6. The van der Waals surface area contributed by atoms with Crippen LogP contribution in [0.5, 0.6) is 0 Å². The highest BCUT2D eigenvalue weighted by Crippen LogP contribution is 2.31. The van der Waals surface area contributed by atoms with Gasteiger partial charge in [-0.05, 0) is 31.2 Å². The van der Waals surface area contributed by atoms with Gasteiger partial charge in [0.05, 0.1) is 11.8 Å². The highest BCUT2D eigenvalue weighted by atomic mass is 16.5. The maximum Gasteiger partial charge on any atom is 0.292 e. The molecule has 3 rings (SSSR count). The molecule has 2 aromatic rings. The van der Waals surface area contributed by atoms with E-state index in [1.165, 1.54) is 0 Å². The number of benzene rings is 1. The molecule has 1 aliphatic rings. The second-order valence-corrected chi connectivity index (χ2v) is 5.82. The number of rotatable bonds is 3. The number of carbonyl (C=O) groups is 1. The van der Waals surface area contributed by atoms with Crippen molar-refractivity contribution in [1.82, 2.24) is 10.1 Å². The molecule has 0 saturated carbocycles. The van der Waals surface area contributed by atoms with Crippen molar-refractivity contribution in [3.63, 3.8) is 0 Å². The lowest BCUT2D eigenvalue weighted by atomic mass is 9.87. The first-order valence-corrected chi connectivity index (χ1v) is 7.61. The monoisotopic (exact) mass is 300 g/mol. The first kappa shape index (κ1) is 14.8. The molecular formula is C17H20N2O3. The molecule has 1 aliphatic heterocycles. The molecule has 1 N–H and O–H groups in total. The van der Waals surface area contributed by atoms with Crippen LogP contribution in [0.25, 0.3) is 0 Å². The maximum absolute atomic E-state index is 12.3. The van der Waals surface area contributed by atoms with E-state index in [1.54, 1.807) is 17.9 Å². The quantitative estimate of drug-likeness (QED) is 0.946. The number of aliphatic hydroxyl groups is 1. The van der Waals surface area contributed by atoms with E-state index in [-0.39, 0.29) is 11.8 Å². The Hall–Kier alpha value is -2.14. The molecule has 0 unspecified atom stereocenters. The predicted molar refractivity (Wildman–Crippen MR) is 81.3 cm³/mol. The Labute approximate surface area is 129 Å². The minimum Gasteiger partial charge on any atom is -0.388 e. The van der Waals surface area contributed by atoms with Crippen molar-refractivity contribution in [2.75, 3.05) is 13.1 Å². The van der Waals surface area contributed by atoms with Crippen LogP contribution < -0.4 is 0 Å². The number of piperidine rings is 1. The molecule has 1 atom stereocenters. The van der Waals surface area contributed by atoms with Crippen LogP contribution in [0.4, 0.5) is 0 Å². The molecule has 5 heteroatoms. The third-order valence-electron chi connectivity index (χ3n) is 4.25. The molecule has 1 amide bonds. The van der Waals surface area contributed by atoms with E-state index in [9.17, 15) is 9.90 Å². The lowest BCUT2D eigenvalue weighted by Gasteiger charge is -2.33. The second kappa shape index (κ2) is 6.32. The molecule has 0 aliphatic carbocycles. The Morgan fingerprint density at radius 2 is 2.00 bits per heavy atom. The number of hydrogen-bond acceptors (Lipinski definition) is 4. The van der Waals surface area contributed by atoms with Gasteiger partial charge in [0.15, 0.2) is 0 Å². The first-order chi connectivity index (χ1) is 10.6. The summed E-state index contributed by atoms with van der Waals surface area (Å²) in [5, 5.41) is 14.2. The number of aliphatic hydroxyl groups excluding tert-OH is 1. The van der Waals surface area contributed by atoms with Crippen molar-refractivity contribution >= 4 is 5.91 Å². The number of hydrogen-bond donors (Lipinski definition) is 1. The van der Waals surface area contributed by atoms with Crippen molar-refractivity contribution in [2.45, 2.75) is 25.9 Å². The number of likely N-dealkylation sites (tertiary alicyclic amines) is 1. The van der Waals surface area contributed by atoms with Gasteiger partial charge in [-0.1, -0.05) is 35.5 Å². The summed E-state index contributed by atoms with van der Waals surface area (Å²) in [5.74, 6) is 0.357. The Morgan fingerprint density at radius 3 is 2.59 bits per heavy atom. The Morgan fingerprint density at radius 1 is 1.32 bits per heavy atom. The topological polar surface area (TPSA) is 66.6 Å². The third-order valence-corrected chi connectivity index (χ3v) is 4.25. The van der Waals surface area contributed by atoms with Crippen molar-refractivity contribution < 1.29 is 14.4 Å². The summed E-state index contributed by atoms with van der Waals surface area (Å²) in [4.78, 5) is 14.1. The molecular weight excluding hydrogens is 280 g/mol. The SMILES string of the molecule is Cc1cc(C(=O)N2CCC([C@@H](O)c3ccccc3)CC2)on1. The molecule has 0 radical (unpaired) electrons. The highest BCUT2D eigenvalue weighted by molar-refractivity contribution is 5.91. The Balaban J connectivity index is 1.59. The second-order valence-electron chi connectivity index (χ2n) is 5.82. The highest BCUT2D eigenvalue weighted by Gasteiger charge is 2.29. The molecule has 2 heterocycles. The van der Waals surface area contributed by atoms with E-state index in [0.717, 1.165) is 18.4 Å². The van der Waals surface area contributed by atoms with Gasteiger partial charge in [-0.2, -0.15) is 0 Å². The third kappa shape index (κ3) is 3.04. The summed E-state index contributed by atoms with van der Waals surface area (Å²) in [6.07, 6.45) is 1.11. The Bertz CT molecular complexity index is 630. The summed E-state index contributed by atoms with van der Waals surface area (Å²) < 4.78 is 5.03. The normalized spacial score (nSPS) is 17.5. The van der Waals surface area contributed by atoms with E-state index in [0.29, 0.717) is 24.5 Å². The van der Waals surface area contributed by atoms with Gasteiger partial charge < -0.3 is 14.5 Å². The van der Waals surface area contributed by atoms with Gasteiger partial charge in [0.1, 0.15) is 0 Å². The van der Waals surface area contributed by atoms with Crippen LogP contribution >= 0.6 is 0 Å². The van der Waals surface area contributed by atoms with E-state index in [4.69, 9.17) is 4.52 Å². The fourth-order valence-corrected chi connectivity index (χ4v) is 2.96. The molecule has 1 aromatic heterocycles. The van der Waals surface area contributed by atoms with Gasteiger partial charge in [0.2, 0.25) is 5.76 Å². The van der Waals surface area contributed by atoms with Crippen molar-refractivity contribution in [2.24, 2.45) is 5.92 Å². The smallest absolute Gasteiger partial charge is 0.292 e. The average molecular weight is 300 g/mol. The lowest BCUT2D eigenvalue weighted by Crippen LogP contribution is -2.39. The number of aromatic nitrogens is 1. The summed E-state index contributed by atoms with van der Waals surface area (Å²) >= 11 is 0. The van der Waals surface area contributed by atoms with E-state index >= 15 is 0 Å². The van der Waals surface area contributed by atoms with Crippen LogP contribution in [0.2, 0.25) is 0 Å². The molecule has 5 nitrogen and oxygen atoms in total. The van der Waals surface area contributed by atoms with Crippen molar-refractivity contribution in [1.29, 1.82) is 0 Å². The molecule has 0 bridgehead atoms. The lowest BCUT2D eigenvalue weighted by molar-refractivity contribution is 0.0437. The van der Waals surface area contributed by atoms with Crippen LogP contribution in [0.1, 0.15) is 40.8 Å². The minimum atomic E-state index is -0.467. The van der Waals surface area contributed by atoms with Crippen LogP contribution in [0, 0.1) is 12.8 Å². The number of aryl methyl sites for hydroxylation is 1. The zero-order chi connectivity index (χ0) is 15.5. The van der Waals surface area contributed by atoms with Crippen LogP contribution in [-0.4, -0.2) is 34.2 Å². The first-order valence-electron chi connectivity index (χ1n) is 7.61. The molecule has 116 valence electrons. The van der Waals surface area contributed by atoms with Crippen LogP contribution in [0.3, 0.4) is 0 Å². The van der Waals surface area contributed by atoms with Gasteiger partial charge in [0, 0.05) is 19.2 Å². The van der Waals surface area contributed by atoms with Gasteiger partial charge in [0.25, 0.3) is 5.91 Å². The van der Waals surface area contributed by atoms with Crippen molar-refractivity contribution in [3.8, 4) is 0 Å². The molecule has 1 aromatic carbocycles. The van der Waals surface area contributed by atoms with Crippen molar-refractivity contribution in [3.05, 3.63) is 53.4 Å². The molecule has 1 fully saturated rings. The maximum atomic E-state index is 12.3. The standard InChI is InChI=1S/C17H20N2O3/c1-12-11-15(22-18-12)17(21)19-9-7-14(8-10-19)16(20)13-5-3-2-4-6-13/h2-6,11,14,16,20H,7-10H2,1H3/t16-/m0/s1. The van der Waals surface area contributed by atoms with E-state index < -0.39 is 6.10 Å². The predicted octanol–water partition coefficient (Wildman–Crippen LogP) is 2.57. The summed E-state index contributed by atoms with van der Waals surface area (Å²) in [6.45, 7) is 3.06. The fourth-order valence-electron chi connectivity index (χ4n) is 2.96. The van der Waals surface area contributed by atoms with Gasteiger partial charge in [-0.15, -0.1) is 0 Å². The van der Waals surface area contributed by atoms with E-state index in [1.807, 2.05) is 30.3 Å². The molecule has 1 saturated heterocycles. The minimum absolute atomic E-state index is 0.117. The van der Waals surface area contributed by atoms with Crippen LogP contribution in [0.15, 0.2) is 40.9 Å². The van der Waals surface area contributed by atoms with Gasteiger partial charge in [-0.25, -0.2) is 0 Å². The van der Waals surface area contributed by atoms with E-state index in [2.05, 4.69) is 5.16 Å². The fraction of sp³-hybridized carbons (Fsp3) is 0.412. The summed E-state index contributed by atoms with van der Waals surface area (Å²) in [5.41, 5.74) is 1.65. The average Bonchev–Trinajstić information content (AvgIpc) is 3.01. The van der Waals surface area contributed by atoms with Gasteiger partial charge >= 0.3 is 0 Å². The summed E-state index contributed by atoms with van der Waals surface area (Å²) in [6, 6.07) is 11.4. The summed E-state index contributed by atoms with van der Waals surface area (Å²) in [7, 11) is 0. The number of amides is 1. The number of carbonyl (C=O) groups excluding carboxylic acids is 1. The number of nitrogens with zero attached hydrogens (tertiary/aromatic N) is 2.